The lowest BCUT2D eigenvalue weighted by Gasteiger charge is -2.11. The largest absolute Gasteiger partial charge is 0.508 e. The summed E-state index contributed by atoms with van der Waals surface area (Å²) in [6, 6.07) is 13.2. The van der Waals surface area contributed by atoms with Crippen molar-refractivity contribution in [3.8, 4) is 22.8 Å². The number of nitrogens with one attached hydrogen (secondary N) is 1. The van der Waals surface area contributed by atoms with E-state index in [0.29, 0.717) is 4.77 Å². The second-order valence-electron chi connectivity index (χ2n) is 5.02. The topological polar surface area (TPSA) is 53.8 Å². The van der Waals surface area contributed by atoms with Crippen molar-refractivity contribution in [3.05, 3.63) is 58.4 Å². The molecule has 0 spiro atoms. The maximum absolute atomic E-state index is 9.42. The third-order valence-corrected chi connectivity index (χ3v) is 3.68. The van der Waals surface area contributed by atoms with Gasteiger partial charge in [-0.25, -0.2) is 0 Å². The Morgan fingerprint density at radius 1 is 1.10 bits per heavy atom. The Morgan fingerprint density at radius 3 is 2.52 bits per heavy atom. The summed E-state index contributed by atoms with van der Waals surface area (Å²) in [6.07, 6.45) is 0. The molecule has 0 unspecified atom stereocenters. The summed E-state index contributed by atoms with van der Waals surface area (Å²) < 4.78 is 2.47. The Labute approximate surface area is 127 Å². The second kappa shape index (κ2) is 5.18. The van der Waals surface area contributed by atoms with Gasteiger partial charge in [-0.15, -0.1) is 0 Å². The molecule has 0 fully saturated rings. The van der Waals surface area contributed by atoms with Gasteiger partial charge in [0, 0.05) is 5.56 Å². The van der Waals surface area contributed by atoms with Crippen LogP contribution in [0.2, 0.25) is 0 Å². The van der Waals surface area contributed by atoms with Gasteiger partial charge in [-0.05, 0) is 67.5 Å². The summed E-state index contributed by atoms with van der Waals surface area (Å²) in [6.45, 7) is 4.09. The fourth-order valence-electron chi connectivity index (χ4n) is 2.28. The highest BCUT2D eigenvalue weighted by Crippen LogP contribution is 2.25. The first kappa shape index (κ1) is 13.6. The summed E-state index contributed by atoms with van der Waals surface area (Å²) in [5, 5.41) is 16.6. The number of aromatic nitrogens is 3. The highest BCUT2D eigenvalue weighted by molar-refractivity contribution is 7.71. The molecule has 0 amide bonds. The molecule has 0 aliphatic rings. The predicted molar refractivity (Wildman–Crippen MR) is 85.3 cm³/mol. The van der Waals surface area contributed by atoms with E-state index >= 15 is 0 Å². The molecule has 106 valence electrons. The number of phenols is 1. The van der Waals surface area contributed by atoms with E-state index in [1.807, 2.05) is 30.5 Å². The van der Waals surface area contributed by atoms with Crippen LogP contribution in [-0.4, -0.2) is 19.9 Å². The molecule has 3 rings (SSSR count). The van der Waals surface area contributed by atoms with E-state index in [2.05, 4.69) is 28.4 Å². The molecule has 0 bridgehead atoms. The van der Waals surface area contributed by atoms with Crippen LogP contribution in [-0.2, 0) is 0 Å². The Kier molecular flexibility index (Phi) is 3.35. The minimum atomic E-state index is 0.228. The van der Waals surface area contributed by atoms with Crippen molar-refractivity contribution in [1.82, 2.24) is 14.8 Å². The molecule has 0 aliphatic heterocycles. The average Bonchev–Trinajstić information content (AvgIpc) is 2.84. The van der Waals surface area contributed by atoms with Gasteiger partial charge in [0.2, 0.25) is 0 Å². The molecule has 3 aromatic rings. The Balaban J connectivity index is 2.24. The fourth-order valence-corrected chi connectivity index (χ4v) is 2.52. The molecule has 0 saturated heterocycles. The van der Waals surface area contributed by atoms with Crippen molar-refractivity contribution >= 4 is 12.2 Å². The van der Waals surface area contributed by atoms with Gasteiger partial charge in [-0.2, -0.15) is 5.10 Å². The van der Waals surface area contributed by atoms with Crippen molar-refractivity contribution in [3.63, 3.8) is 0 Å². The second-order valence-corrected chi connectivity index (χ2v) is 5.41. The maximum atomic E-state index is 9.42. The fraction of sp³-hybridized carbons (Fsp3) is 0.125. The first-order valence-electron chi connectivity index (χ1n) is 6.61. The predicted octanol–water partition coefficient (Wildman–Crippen LogP) is 3.92. The molecule has 2 aromatic carbocycles. The lowest BCUT2D eigenvalue weighted by molar-refractivity contribution is 0.475. The van der Waals surface area contributed by atoms with E-state index in [1.165, 1.54) is 0 Å². The summed E-state index contributed by atoms with van der Waals surface area (Å²) >= 11 is 5.38. The minimum absolute atomic E-state index is 0.228. The molecule has 21 heavy (non-hydrogen) atoms. The lowest BCUT2D eigenvalue weighted by atomic mass is 10.1. The van der Waals surface area contributed by atoms with Crippen LogP contribution in [0.25, 0.3) is 17.1 Å². The molecule has 4 nitrogen and oxygen atoms in total. The number of phenolic OH excluding ortho intramolecular Hbond substituents is 1. The standard InChI is InChI=1S/C16H15N3OS/c1-10-3-4-11(2)14(9-10)19-15(17-18-16(19)21)12-5-7-13(20)8-6-12/h3-9,20H,1-2H3,(H,18,21). The van der Waals surface area contributed by atoms with Crippen molar-refractivity contribution in [2.75, 3.05) is 0 Å². The average molecular weight is 297 g/mol. The van der Waals surface area contributed by atoms with Gasteiger partial charge < -0.3 is 5.11 Å². The summed E-state index contributed by atoms with van der Waals surface area (Å²) in [7, 11) is 0. The monoisotopic (exact) mass is 297 g/mol. The maximum Gasteiger partial charge on any atom is 0.200 e. The number of aryl methyl sites for hydroxylation is 2. The molecule has 0 saturated carbocycles. The zero-order valence-corrected chi connectivity index (χ0v) is 12.6. The molecule has 2 N–H and O–H groups in total. The summed E-state index contributed by atoms with van der Waals surface area (Å²) in [4.78, 5) is 0. The quantitative estimate of drug-likeness (QED) is 0.705. The van der Waals surface area contributed by atoms with Crippen molar-refractivity contribution < 1.29 is 5.11 Å². The van der Waals surface area contributed by atoms with Crippen molar-refractivity contribution in [1.29, 1.82) is 0 Å². The number of rotatable bonds is 2. The number of nitrogens with zero attached hydrogens (tertiary/aromatic N) is 2. The number of hydrogen-bond donors (Lipinski definition) is 2. The first-order valence-corrected chi connectivity index (χ1v) is 7.01. The normalized spacial score (nSPS) is 10.8. The SMILES string of the molecule is Cc1ccc(C)c(-n2c(-c3ccc(O)cc3)n[nH]c2=S)c1. The van der Waals surface area contributed by atoms with Crippen LogP contribution in [0.5, 0.6) is 5.75 Å². The van der Waals surface area contributed by atoms with E-state index in [4.69, 9.17) is 12.2 Å². The van der Waals surface area contributed by atoms with E-state index < -0.39 is 0 Å². The Hall–Kier alpha value is -2.40. The number of aromatic hydroxyl groups is 1. The van der Waals surface area contributed by atoms with Crippen LogP contribution < -0.4 is 0 Å². The molecular formula is C16H15N3OS. The minimum Gasteiger partial charge on any atom is -0.508 e. The van der Waals surface area contributed by atoms with Crippen molar-refractivity contribution in [2.45, 2.75) is 13.8 Å². The Morgan fingerprint density at radius 2 is 1.81 bits per heavy atom. The number of aromatic amines is 1. The number of benzene rings is 2. The highest BCUT2D eigenvalue weighted by atomic mass is 32.1. The molecule has 0 aliphatic carbocycles. The lowest BCUT2D eigenvalue weighted by Crippen LogP contribution is -2.00. The van der Waals surface area contributed by atoms with Crippen LogP contribution >= 0.6 is 12.2 Å². The number of hydrogen-bond acceptors (Lipinski definition) is 3. The Bertz CT molecular complexity index is 847. The highest BCUT2D eigenvalue weighted by Gasteiger charge is 2.12. The van der Waals surface area contributed by atoms with Crippen LogP contribution in [0, 0.1) is 18.6 Å². The third-order valence-electron chi connectivity index (χ3n) is 3.40. The molecular weight excluding hydrogens is 282 g/mol. The van der Waals surface area contributed by atoms with Gasteiger partial charge >= 0.3 is 0 Å². The zero-order valence-electron chi connectivity index (χ0n) is 11.8. The molecule has 5 heteroatoms. The van der Waals surface area contributed by atoms with Gasteiger partial charge in [-0.1, -0.05) is 12.1 Å². The molecule has 1 heterocycles. The van der Waals surface area contributed by atoms with E-state index in [-0.39, 0.29) is 5.75 Å². The van der Waals surface area contributed by atoms with E-state index in [0.717, 1.165) is 28.2 Å². The van der Waals surface area contributed by atoms with Crippen LogP contribution in [0.3, 0.4) is 0 Å². The molecule has 1 aromatic heterocycles. The third kappa shape index (κ3) is 2.48. The van der Waals surface area contributed by atoms with Gasteiger partial charge in [0.05, 0.1) is 5.69 Å². The van der Waals surface area contributed by atoms with Crippen molar-refractivity contribution in [2.24, 2.45) is 0 Å². The van der Waals surface area contributed by atoms with Gasteiger partial charge in [0.1, 0.15) is 5.75 Å². The zero-order chi connectivity index (χ0) is 15.0. The number of H-pyrrole nitrogens is 1. The van der Waals surface area contributed by atoms with Crippen LogP contribution in [0.15, 0.2) is 42.5 Å². The first-order chi connectivity index (χ1) is 10.1. The van der Waals surface area contributed by atoms with E-state index in [9.17, 15) is 5.11 Å². The van der Waals surface area contributed by atoms with Gasteiger partial charge in [0.25, 0.3) is 0 Å². The van der Waals surface area contributed by atoms with Crippen LogP contribution in [0.1, 0.15) is 11.1 Å². The smallest absolute Gasteiger partial charge is 0.200 e. The van der Waals surface area contributed by atoms with Gasteiger partial charge in [0.15, 0.2) is 10.6 Å². The van der Waals surface area contributed by atoms with E-state index in [1.54, 1.807) is 12.1 Å². The van der Waals surface area contributed by atoms with Gasteiger partial charge in [-0.3, -0.25) is 9.67 Å². The molecule has 0 atom stereocenters. The van der Waals surface area contributed by atoms with Crippen LogP contribution in [0.4, 0.5) is 0 Å². The summed E-state index contributed by atoms with van der Waals surface area (Å²) in [5.74, 6) is 0.958. The molecule has 0 radical (unpaired) electrons. The summed E-state index contributed by atoms with van der Waals surface area (Å²) in [5.41, 5.74) is 4.19.